The molecule has 6 nitrogen and oxygen atoms in total. The molecule has 0 heterocycles. The molecule has 0 atom stereocenters. The number of hydrogen-bond acceptors (Lipinski definition) is 4. The minimum absolute atomic E-state index is 0.0590. The van der Waals surface area contributed by atoms with Crippen molar-refractivity contribution in [1.82, 2.24) is 4.90 Å². The van der Waals surface area contributed by atoms with Crippen LogP contribution in [0.2, 0.25) is 0 Å². The Kier molecular flexibility index (Phi) is 5.93. The molecule has 23 heavy (non-hydrogen) atoms. The summed E-state index contributed by atoms with van der Waals surface area (Å²) in [6.45, 7) is 7.08. The van der Waals surface area contributed by atoms with Crippen LogP contribution < -0.4 is 0 Å². The number of carbonyl (C=O) groups excluding carboxylic acids is 1. The molecule has 1 aromatic carbocycles. The molecular formula is C16H23NO5S. The van der Waals surface area contributed by atoms with Crippen LogP contribution in [0, 0.1) is 19.8 Å². The first kappa shape index (κ1) is 19.2. The average molecular weight is 341 g/mol. The van der Waals surface area contributed by atoms with Gasteiger partial charge in [-0.2, -0.15) is 0 Å². The predicted molar refractivity (Wildman–Crippen MR) is 87.4 cm³/mol. The molecule has 1 rings (SSSR count). The Morgan fingerprint density at radius 2 is 1.78 bits per heavy atom. The van der Waals surface area contributed by atoms with Gasteiger partial charge < -0.3 is 10.0 Å². The molecule has 0 aliphatic rings. The lowest BCUT2D eigenvalue weighted by atomic mass is 10.0. The summed E-state index contributed by atoms with van der Waals surface area (Å²) in [5, 5.41) is 9.01. The van der Waals surface area contributed by atoms with Crippen molar-refractivity contribution < 1.29 is 23.1 Å². The third-order valence-electron chi connectivity index (χ3n) is 3.50. The number of nitrogens with zero attached hydrogens (tertiary/aromatic N) is 1. The van der Waals surface area contributed by atoms with Crippen molar-refractivity contribution in [3.63, 3.8) is 0 Å². The van der Waals surface area contributed by atoms with Crippen molar-refractivity contribution in [3.8, 4) is 0 Å². The van der Waals surface area contributed by atoms with E-state index in [9.17, 15) is 18.0 Å². The van der Waals surface area contributed by atoms with E-state index in [4.69, 9.17) is 5.11 Å². The molecule has 0 aliphatic heterocycles. The number of carboxylic acid groups (broad SMARTS) is 1. The molecule has 0 spiro atoms. The molecule has 1 aromatic rings. The first-order valence-electron chi connectivity index (χ1n) is 7.25. The highest BCUT2D eigenvalue weighted by molar-refractivity contribution is 7.90. The van der Waals surface area contributed by atoms with Gasteiger partial charge in [0.05, 0.1) is 4.90 Å². The third kappa shape index (κ3) is 5.06. The zero-order valence-corrected chi connectivity index (χ0v) is 14.9. The molecule has 1 amide bonds. The van der Waals surface area contributed by atoms with Gasteiger partial charge in [-0.25, -0.2) is 8.42 Å². The summed E-state index contributed by atoms with van der Waals surface area (Å²) in [6, 6.07) is 2.85. The largest absolute Gasteiger partial charge is 0.480 e. The van der Waals surface area contributed by atoms with E-state index in [1.54, 1.807) is 13.8 Å². The van der Waals surface area contributed by atoms with Gasteiger partial charge in [-0.15, -0.1) is 0 Å². The number of hydrogen-bond donors (Lipinski definition) is 1. The summed E-state index contributed by atoms with van der Waals surface area (Å²) in [4.78, 5) is 25.0. The van der Waals surface area contributed by atoms with Crippen molar-refractivity contribution in [2.24, 2.45) is 5.92 Å². The maximum absolute atomic E-state index is 12.7. The molecule has 0 radical (unpaired) electrons. The number of amides is 1. The molecular weight excluding hydrogens is 318 g/mol. The van der Waals surface area contributed by atoms with Crippen molar-refractivity contribution in [2.75, 3.05) is 19.3 Å². The Balaban J connectivity index is 3.38. The summed E-state index contributed by atoms with van der Waals surface area (Å²) in [7, 11) is -3.46. The lowest BCUT2D eigenvalue weighted by Gasteiger charge is -2.24. The molecule has 0 saturated carbocycles. The maximum Gasteiger partial charge on any atom is 0.323 e. The highest BCUT2D eigenvalue weighted by Gasteiger charge is 2.23. The van der Waals surface area contributed by atoms with Crippen LogP contribution in [-0.4, -0.2) is 49.6 Å². The minimum atomic E-state index is -3.46. The van der Waals surface area contributed by atoms with Gasteiger partial charge in [0, 0.05) is 18.4 Å². The predicted octanol–water partition coefficient (Wildman–Crippen LogP) is 1.89. The average Bonchev–Trinajstić information content (AvgIpc) is 2.37. The fraction of sp³-hybridized carbons (Fsp3) is 0.500. The zero-order chi connectivity index (χ0) is 17.9. The van der Waals surface area contributed by atoms with Crippen molar-refractivity contribution in [3.05, 3.63) is 28.8 Å². The van der Waals surface area contributed by atoms with Crippen LogP contribution in [0.1, 0.15) is 35.3 Å². The van der Waals surface area contributed by atoms with E-state index in [0.717, 1.165) is 6.26 Å². The van der Waals surface area contributed by atoms with E-state index in [-0.39, 0.29) is 22.9 Å². The fourth-order valence-corrected chi connectivity index (χ4v) is 2.98. The minimum Gasteiger partial charge on any atom is -0.480 e. The summed E-state index contributed by atoms with van der Waals surface area (Å²) < 4.78 is 23.6. The highest BCUT2D eigenvalue weighted by Crippen LogP contribution is 2.22. The Hall–Kier alpha value is -1.89. The van der Waals surface area contributed by atoms with Crippen LogP contribution >= 0.6 is 0 Å². The van der Waals surface area contributed by atoms with E-state index in [1.807, 2.05) is 13.8 Å². The van der Waals surface area contributed by atoms with Gasteiger partial charge >= 0.3 is 5.97 Å². The number of aryl methyl sites for hydroxylation is 1. The van der Waals surface area contributed by atoms with E-state index < -0.39 is 28.3 Å². The Morgan fingerprint density at radius 1 is 1.22 bits per heavy atom. The van der Waals surface area contributed by atoms with Gasteiger partial charge in [0.25, 0.3) is 5.91 Å². The number of carbonyl (C=O) groups is 2. The zero-order valence-electron chi connectivity index (χ0n) is 14.1. The topological polar surface area (TPSA) is 91.8 Å². The summed E-state index contributed by atoms with van der Waals surface area (Å²) in [6.07, 6.45) is 1.08. The van der Waals surface area contributed by atoms with E-state index in [1.165, 1.54) is 17.0 Å². The van der Waals surface area contributed by atoms with Crippen LogP contribution in [0.3, 0.4) is 0 Å². The van der Waals surface area contributed by atoms with Crippen LogP contribution in [0.15, 0.2) is 17.0 Å². The third-order valence-corrected chi connectivity index (χ3v) is 4.59. The molecule has 1 N–H and O–H groups in total. The van der Waals surface area contributed by atoms with Crippen LogP contribution in [0.4, 0.5) is 0 Å². The number of aliphatic carboxylic acids is 1. The second kappa shape index (κ2) is 7.12. The summed E-state index contributed by atoms with van der Waals surface area (Å²) >= 11 is 0. The Labute approximate surface area is 137 Å². The number of carboxylic acids is 1. The maximum atomic E-state index is 12.7. The number of benzene rings is 1. The van der Waals surface area contributed by atoms with E-state index >= 15 is 0 Å². The molecule has 0 bridgehead atoms. The smallest absolute Gasteiger partial charge is 0.323 e. The van der Waals surface area contributed by atoms with E-state index in [0.29, 0.717) is 11.1 Å². The molecule has 0 fully saturated rings. The first-order valence-corrected chi connectivity index (χ1v) is 9.15. The van der Waals surface area contributed by atoms with Crippen molar-refractivity contribution in [1.29, 1.82) is 0 Å². The van der Waals surface area contributed by atoms with Gasteiger partial charge in [0.2, 0.25) is 0 Å². The molecule has 128 valence electrons. The summed E-state index contributed by atoms with van der Waals surface area (Å²) in [5.41, 5.74) is 1.56. The van der Waals surface area contributed by atoms with Gasteiger partial charge in [-0.05, 0) is 43.0 Å². The molecule has 7 heteroatoms. The number of sulfone groups is 1. The molecule has 0 aromatic heterocycles. The van der Waals surface area contributed by atoms with E-state index in [2.05, 4.69) is 0 Å². The van der Waals surface area contributed by atoms with Crippen molar-refractivity contribution in [2.45, 2.75) is 32.6 Å². The van der Waals surface area contributed by atoms with Crippen molar-refractivity contribution >= 4 is 21.7 Å². The van der Waals surface area contributed by atoms with Crippen LogP contribution in [0.5, 0.6) is 0 Å². The lowest BCUT2D eigenvalue weighted by Crippen LogP contribution is -2.38. The summed E-state index contributed by atoms with van der Waals surface area (Å²) in [5.74, 6) is -1.47. The Morgan fingerprint density at radius 3 is 2.22 bits per heavy atom. The monoisotopic (exact) mass is 341 g/mol. The standard InChI is InChI=1S/C16H23NO5S/c1-10(2)8-17(9-15(18)19)16(20)14-7-13(23(5,21)22)6-11(3)12(14)4/h6-7,10H,8-9H2,1-5H3,(H,18,19). The SMILES string of the molecule is Cc1cc(S(C)(=O)=O)cc(C(=O)N(CC(=O)O)CC(C)C)c1C. The molecule has 0 unspecified atom stereocenters. The Bertz CT molecular complexity index is 722. The second-order valence-electron chi connectivity index (χ2n) is 6.16. The normalized spacial score (nSPS) is 11.6. The fourth-order valence-electron chi connectivity index (χ4n) is 2.26. The highest BCUT2D eigenvalue weighted by atomic mass is 32.2. The quantitative estimate of drug-likeness (QED) is 0.853. The van der Waals surface area contributed by atoms with Gasteiger partial charge in [0.15, 0.2) is 9.84 Å². The van der Waals surface area contributed by atoms with Gasteiger partial charge in [-0.3, -0.25) is 9.59 Å². The first-order chi connectivity index (χ1) is 10.4. The van der Waals surface area contributed by atoms with Crippen LogP contribution in [-0.2, 0) is 14.6 Å². The van der Waals surface area contributed by atoms with Crippen LogP contribution in [0.25, 0.3) is 0 Å². The lowest BCUT2D eigenvalue weighted by molar-refractivity contribution is -0.137. The molecule has 0 saturated heterocycles. The number of rotatable bonds is 6. The second-order valence-corrected chi connectivity index (χ2v) is 8.17. The molecule has 0 aliphatic carbocycles. The van der Waals surface area contributed by atoms with Gasteiger partial charge in [-0.1, -0.05) is 13.8 Å². The van der Waals surface area contributed by atoms with Gasteiger partial charge in [0.1, 0.15) is 6.54 Å².